The average Bonchev–Trinajstić information content (AvgIpc) is 2.93. The van der Waals surface area contributed by atoms with E-state index in [9.17, 15) is 18.0 Å². The number of rotatable bonds is 14. The van der Waals surface area contributed by atoms with Crippen molar-refractivity contribution in [1.82, 2.24) is 9.97 Å². The Morgan fingerprint density at radius 2 is 1.62 bits per heavy atom. The molecular weight excluding hydrogens is 505 g/mol. The number of hydrogen-bond donors (Lipinski definition) is 0. The first kappa shape index (κ1) is 30.1. The highest BCUT2D eigenvalue weighted by atomic mass is 19.2. The molecule has 0 saturated heterocycles. The molecule has 210 valence electrons. The fourth-order valence-electron chi connectivity index (χ4n) is 4.13. The summed E-state index contributed by atoms with van der Waals surface area (Å²) in [6.07, 6.45) is 2.52. The lowest BCUT2D eigenvalue weighted by Crippen LogP contribution is -2.34. The Morgan fingerprint density at radius 3 is 2.23 bits per heavy atom. The van der Waals surface area contributed by atoms with Gasteiger partial charge in [0.1, 0.15) is 23.8 Å². The van der Waals surface area contributed by atoms with E-state index in [1.807, 2.05) is 13.8 Å². The summed E-state index contributed by atoms with van der Waals surface area (Å²) in [6.45, 7) is 6.35. The van der Waals surface area contributed by atoms with Crippen LogP contribution >= 0.6 is 0 Å². The Labute approximate surface area is 228 Å². The van der Waals surface area contributed by atoms with Crippen molar-refractivity contribution in [2.45, 2.75) is 90.3 Å². The molecule has 5 nitrogen and oxygen atoms in total. The van der Waals surface area contributed by atoms with Crippen molar-refractivity contribution in [3.63, 3.8) is 0 Å². The minimum Gasteiger partial charge on any atom is -0.487 e. The zero-order chi connectivity index (χ0) is 28.4. The van der Waals surface area contributed by atoms with Crippen LogP contribution in [-0.4, -0.2) is 40.1 Å². The van der Waals surface area contributed by atoms with E-state index < -0.39 is 30.1 Å². The molecule has 0 aliphatic rings. The van der Waals surface area contributed by atoms with Crippen LogP contribution in [0.25, 0.3) is 22.5 Å². The number of carbonyl (C=O) groups excluding carboxylic acids is 1. The Bertz CT molecular complexity index is 1180. The predicted octanol–water partition coefficient (Wildman–Crippen LogP) is 8.27. The first-order chi connectivity index (χ1) is 18.7. The molecule has 0 aliphatic carbocycles. The topological polar surface area (TPSA) is 61.3 Å². The predicted molar refractivity (Wildman–Crippen MR) is 147 cm³/mol. The van der Waals surface area contributed by atoms with E-state index in [0.717, 1.165) is 18.4 Å². The minimum atomic E-state index is -2.04. The Morgan fingerprint density at radius 1 is 0.949 bits per heavy atom. The van der Waals surface area contributed by atoms with Crippen molar-refractivity contribution in [3.05, 3.63) is 60.9 Å². The van der Waals surface area contributed by atoms with Gasteiger partial charge in [0, 0.05) is 18.0 Å². The Hall–Kier alpha value is -3.42. The van der Waals surface area contributed by atoms with Gasteiger partial charge in [0.05, 0.1) is 5.56 Å². The van der Waals surface area contributed by atoms with Crippen LogP contribution in [0.15, 0.2) is 60.9 Å². The minimum absolute atomic E-state index is 0.123. The van der Waals surface area contributed by atoms with Gasteiger partial charge in [-0.1, -0.05) is 57.4 Å². The fourth-order valence-corrected chi connectivity index (χ4v) is 4.13. The summed E-state index contributed by atoms with van der Waals surface area (Å²) in [6, 6.07) is 13.7. The molecule has 2 aromatic carbocycles. The Kier molecular flexibility index (Phi) is 10.9. The van der Waals surface area contributed by atoms with Crippen LogP contribution in [0.2, 0.25) is 0 Å². The number of unbranched alkanes of at least 4 members (excludes halogenated alkanes) is 2. The third-order valence-electron chi connectivity index (χ3n) is 6.50. The van der Waals surface area contributed by atoms with Gasteiger partial charge < -0.3 is 9.47 Å². The highest BCUT2D eigenvalue weighted by Crippen LogP contribution is 2.31. The van der Waals surface area contributed by atoms with E-state index in [1.54, 1.807) is 60.9 Å². The molecule has 3 rings (SSSR count). The molecule has 0 amide bonds. The molecule has 8 heteroatoms. The fraction of sp³-hybridized carbons (Fsp3) is 0.452. The van der Waals surface area contributed by atoms with Crippen molar-refractivity contribution in [3.8, 4) is 34.0 Å². The summed E-state index contributed by atoms with van der Waals surface area (Å²) in [5.74, 6) is 0.111. The summed E-state index contributed by atoms with van der Waals surface area (Å²) in [5.41, 5.74) is 0.0174. The SMILES string of the molecule is CCCCCC(C)(F)C(=O)Oc1ccc(-c2cnc(-c3ccccc3OC(CCC)C(F)C(C)F)nc2)cc1. The number of aromatic nitrogens is 2. The first-order valence-electron chi connectivity index (χ1n) is 13.5. The van der Waals surface area contributed by atoms with Gasteiger partial charge in [-0.05, 0) is 62.9 Å². The molecule has 4 atom stereocenters. The molecular formula is C31H37F3N2O3. The van der Waals surface area contributed by atoms with Gasteiger partial charge in [0.2, 0.25) is 5.67 Å². The van der Waals surface area contributed by atoms with E-state index in [-0.39, 0.29) is 12.2 Å². The van der Waals surface area contributed by atoms with Gasteiger partial charge >= 0.3 is 5.97 Å². The van der Waals surface area contributed by atoms with Gasteiger partial charge in [0.15, 0.2) is 12.0 Å². The Balaban J connectivity index is 1.72. The second kappa shape index (κ2) is 14.1. The summed E-state index contributed by atoms with van der Waals surface area (Å²) < 4.78 is 54.0. The number of benzene rings is 2. The number of esters is 1. The molecule has 4 unspecified atom stereocenters. The van der Waals surface area contributed by atoms with Crippen LogP contribution in [0, 0.1) is 0 Å². The van der Waals surface area contributed by atoms with Crippen molar-refractivity contribution < 1.29 is 27.4 Å². The second-order valence-corrected chi connectivity index (χ2v) is 9.93. The van der Waals surface area contributed by atoms with E-state index in [2.05, 4.69) is 9.97 Å². The molecule has 3 aromatic rings. The normalized spacial score (nSPS) is 15.2. The van der Waals surface area contributed by atoms with Gasteiger partial charge in [-0.15, -0.1) is 0 Å². The maximum Gasteiger partial charge on any atom is 0.348 e. The molecule has 39 heavy (non-hydrogen) atoms. The van der Waals surface area contributed by atoms with Crippen molar-refractivity contribution in [2.24, 2.45) is 0 Å². The summed E-state index contributed by atoms with van der Waals surface area (Å²) >= 11 is 0. The zero-order valence-electron chi connectivity index (χ0n) is 23.0. The second-order valence-electron chi connectivity index (χ2n) is 9.93. The maximum absolute atomic E-state index is 14.7. The highest BCUT2D eigenvalue weighted by Gasteiger charge is 2.34. The standard InChI is InChI=1S/C31H37F3N2O3/c1-5-7-10-18-31(4,34)30(37)38-24-16-14-22(15-17-24)23-19-35-29(36-20-23)25-12-8-9-13-26(25)39-27(11-6-2)28(33)21(3)32/h8-9,12-17,19-21,27-28H,5-7,10-11,18H2,1-4H3. The van der Waals surface area contributed by atoms with Crippen LogP contribution in [0.4, 0.5) is 13.2 Å². The molecule has 0 saturated carbocycles. The monoisotopic (exact) mass is 542 g/mol. The van der Waals surface area contributed by atoms with Crippen LogP contribution in [0.1, 0.15) is 66.2 Å². The van der Waals surface area contributed by atoms with E-state index >= 15 is 0 Å². The van der Waals surface area contributed by atoms with Gasteiger partial charge in [-0.2, -0.15) is 0 Å². The maximum atomic E-state index is 14.7. The van der Waals surface area contributed by atoms with Gasteiger partial charge in [-0.25, -0.2) is 27.9 Å². The van der Waals surface area contributed by atoms with Crippen LogP contribution < -0.4 is 9.47 Å². The number of halogens is 3. The highest BCUT2D eigenvalue weighted by molar-refractivity contribution is 5.81. The van der Waals surface area contributed by atoms with Crippen LogP contribution in [0.5, 0.6) is 11.5 Å². The number of hydrogen-bond acceptors (Lipinski definition) is 5. The van der Waals surface area contributed by atoms with Gasteiger partial charge in [0.25, 0.3) is 0 Å². The summed E-state index contributed by atoms with van der Waals surface area (Å²) in [7, 11) is 0. The molecule has 0 aliphatic heterocycles. The van der Waals surface area contributed by atoms with Crippen LogP contribution in [-0.2, 0) is 4.79 Å². The number of ether oxygens (including phenoxy) is 2. The molecule has 0 bridgehead atoms. The first-order valence-corrected chi connectivity index (χ1v) is 13.5. The number of carbonyl (C=O) groups is 1. The lowest BCUT2D eigenvalue weighted by molar-refractivity contribution is -0.147. The zero-order valence-corrected chi connectivity index (χ0v) is 23.0. The largest absolute Gasteiger partial charge is 0.487 e. The summed E-state index contributed by atoms with van der Waals surface area (Å²) in [5, 5.41) is 0. The number of alkyl halides is 3. The molecule has 0 radical (unpaired) electrons. The molecule has 0 N–H and O–H groups in total. The quantitative estimate of drug-likeness (QED) is 0.117. The van der Waals surface area contributed by atoms with Crippen molar-refractivity contribution in [2.75, 3.05) is 0 Å². The number of para-hydroxylation sites is 1. The van der Waals surface area contributed by atoms with E-state index in [1.165, 1.54) is 13.8 Å². The van der Waals surface area contributed by atoms with E-state index in [0.29, 0.717) is 42.0 Å². The third-order valence-corrected chi connectivity index (χ3v) is 6.50. The number of nitrogens with zero attached hydrogens (tertiary/aromatic N) is 2. The van der Waals surface area contributed by atoms with E-state index in [4.69, 9.17) is 9.47 Å². The molecule has 0 fully saturated rings. The van der Waals surface area contributed by atoms with Gasteiger partial charge in [-0.3, -0.25) is 0 Å². The molecule has 1 aromatic heterocycles. The molecule has 0 spiro atoms. The van der Waals surface area contributed by atoms with Crippen molar-refractivity contribution >= 4 is 5.97 Å². The smallest absolute Gasteiger partial charge is 0.348 e. The molecule has 1 heterocycles. The lowest BCUT2D eigenvalue weighted by Gasteiger charge is -2.24. The lowest BCUT2D eigenvalue weighted by atomic mass is 10.0. The third kappa shape index (κ3) is 8.28. The van der Waals surface area contributed by atoms with Crippen LogP contribution in [0.3, 0.4) is 0 Å². The summed E-state index contributed by atoms with van der Waals surface area (Å²) in [4.78, 5) is 21.2. The average molecular weight is 543 g/mol. The van der Waals surface area contributed by atoms with Crippen molar-refractivity contribution in [1.29, 1.82) is 0 Å².